The number of fused-ring (bicyclic) bond motifs is 3. The molecule has 0 spiro atoms. The quantitative estimate of drug-likeness (QED) is 0.876. The molecule has 0 aromatic heterocycles. The molecule has 1 aliphatic carbocycles. The number of likely N-dealkylation sites (tertiary alicyclic amines) is 1. The van der Waals surface area contributed by atoms with Crippen molar-refractivity contribution in [2.24, 2.45) is 5.92 Å². The number of carbonyl (C=O) groups excluding carboxylic acids is 1. The summed E-state index contributed by atoms with van der Waals surface area (Å²) in [6.07, 6.45) is 1.54. The van der Waals surface area contributed by atoms with Crippen molar-refractivity contribution in [2.45, 2.75) is 38.1 Å². The van der Waals surface area contributed by atoms with Crippen molar-refractivity contribution < 1.29 is 14.6 Å². The van der Waals surface area contributed by atoms with Gasteiger partial charge in [0.05, 0.1) is 0 Å². The molecule has 1 fully saturated rings. The molecule has 27 heavy (non-hydrogen) atoms. The number of aliphatic hydroxyl groups is 1. The van der Waals surface area contributed by atoms with Gasteiger partial charge in [-0.25, -0.2) is 4.79 Å². The van der Waals surface area contributed by atoms with Crippen LogP contribution in [-0.2, 0) is 4.74 Å². The molecular formula is C23H27NO3. The first-order chi connectivity index (χ1) is 13.0. The van der Waals surface area contributed by atoms with E-state index < -0.39 is 0 Å². The van der Waals surface area contributed by atoms with E-state index in [1.165, 1.54) is 22.3 Å². The predicted molar refractivity (Wildman–Crippen MR) is 106 cm³/mol. The lowest BCUT2D eigenvalue weighted by Gasteiger charge is -2.44. The number of carbonyl (C=O) groups is 1. The van der Waals surface area contributed by atoms with Crippen LogP contribution in [0, 0.1) is 5.92 Å². The second kappa shape index (κ2) is 7.01. The second-order valence-corrected chi connectivity index (χ2v) is 8.31. The van der Waals surface area contributed by atoms with Crippen molar-refractivity contribution in [3.05, 3.63) is 59.7 Å². The minimum Gasteiger partial charge on any atom is -0.448 e. The Hall–Kier alpha value is -2.33. The van der Waals surface area contributed by atoms with Gasteiger partial charge in [-0.2, -0.15) is 0 Å². The van der Waals surface area contributed by atoms with Crippen LogP contribution in [-0.4, -0.2) is 41.4 Å². The number of hydrogen-bond acceptors (Lipinski definition) is 3. The molecule has 1 unspecified atom stereocenters. The van der Waals surface area contributed by atoms with Crippen LogP contribution >= 0.6 is 0 Å². The van der Waals surface area contributed by atoms with Crippen LogP contribution in [0.1, 0.15) is 43.7 Å². The van der Waals surface area contributed by atoms with Crippen LogP contribution < -0.4 is 0 Å². The molecule has 4 rings (SSSR count). The summed E-state index contributed by atoms with van der Waals surface area (Å²) in [5, 5.41) is 9.50. The predicted octanol–water partition coefficient (Wildman–Crippen LogP) is 4.42. The molecule has 1 heterocycles. The van der Waals surface area contributed by atoms with E-state index in [0.717, 1.165) is 12.8 Å². The Kier molecular flexibility index (Phi) is 4.68. The number of rotatable bonds is 3. The van der Waals surface area contributed by atoms with Crippen molar-refractivity contribution >= 4 is 6.09 Å². The van der Waals surface area contributed by atoms with E-state index >= 15 is 0 Å². The van der Waals surface area contributed by atoms with E-state index in [2.05, 4.69) is 50.2 Å². The topological polar surface area (TPSA) is 49.8 Å². The van der Waals surface area contributed by atoms with Gasteiger partial charge in [0.25, 0.3) is 0 Å². The molecule has 1 saturated heterocycles. The lowest BCUT2D eigenvalue weighted by atomic mass is 9.85. The van der Waals surface area contributed by atoms with Crippen molar-refractivity contribution in [1.29, 1.82) is 0 Å². The first-order valence-corrected chi connectivity index (χ1v) is 9.75. The smallest absolute Gasteiger partial charge is 0.410 e. The average Bonchev–Trinajstić information content (AvgIpc) is 3.00. The molecule has 0 bridgehead atoms. The van der Waals surface area contributed by atoms with Crippen LogP contribution in [0.2, 0.25) is 0 Å². The van der Waals surface area contributed by atoms with E-state index in [4.69, 9.17) is 4.74 Å². The molecule has 4 nitrogen and oxygen atoms in total. The molecule has 142 valence electrons. The highest BCUT2D eigenvalue weighted by Gasteiger charge is 2.38. The number of piperidine rings is 1. The summed E-state index contributed by atoms with van der Waals surface area (Å²) in [7, 11) is 0. The first-order valence-electron chi connectivity index (χ1n) is 9.75. The minimum atomic E-state index is -0.278. The Morgan fingerprint density at radius 3 is 2.30 bits per heavy atom. The summed E-state index contributed by atoms with van der Waals surface area (Å²) >= 11 is 0. The maximum absolute atomic E-state index is 12.9. The maximum Gasteiger partial charge on any atom is 0.410 e. The highest BCUT2D eigenvalue weighted by atomic mass is 16.6. The molecule has 0 saturated carbocycles. The molecule has 1 atom stereocenters. The molecular weight excluding hydrogens is 338 g/mol. The van der Waals surface area contributed by atoms with Gasteiger partial charge in [0.2, 0.25) is 0 Å². The summed E-state index contributed by atoms with van der Waals surface area (Å²) in [5.74, 6) is 0.210. The highest BCUT2D eigenvalue weighted by Crippen LogP contribution is 2.44. The Morgan fingerprint density at radius 1 is 1.11 bits per heavy atom. The normalized spacial score (nSPS) is 20.9. The minimum absolute atomic E-state index is 0.0721. The van der Waals surface area contributed by atoms with Gasteiger partial charge < -0.3 is 14.7 Å². The largest absolute Gasteiger partial charge is 0.448 e. The van der Waals surface area contributed by atoms with Crippen LogP contribution in [0.15, 0.2) is 48.5 Å². The number of hydrogen-bond donors (Lipinski definition) is 1. The first kappa shape index (κ1) is 18.1. The molecule has 1 amide bonds. The third kappa shape index (κ3) is 3.23. The zero-order chi connectivity index (χ0) is 19.0. The van der Waals surface area contributed by atoms with Gasteiger partial charge in [-0.3, -0.25) is 0 Å². The van der Waals surface area contributed by atoms with Gasteiger partial charge in [-0.05, 0) is 54.9 Å². The number of ether oxygens (including phenoxy) is 1. The van der Waals surface area contributed by atoms with E-state index in [9.17, 15) is 9.90 Å². The fourth-order valence-electron chi connectivity index (χ4n) is 4.43. The van der Waals surface area contributed by atoms with E-state index in [0.29, 0.717) is 13.2 Å². The zero-order valence-electron chi connectivity index (χ0n) is 16.0. The van der Waals surface area contributed by atoms with Gasteiger partial charge in [0.1, 0.15) is 6.61 Å². The third-order valence-corrected chi connectivity index (χ3v) is 6.15. The Balaban J connectivity index is 1.52. The van der Waals surface area contributed by atoms with Crippen molar-refractivity contribution in [3.8, 4) is 11.1 Å². The lowest BCUT2D eigenvalue weighted by Crippen LogP contribution is -2.54. The third-order valence-electron chi connectivity index (χ3n) is 6.15. The van der Waals surface area contributed by atoms with Crippen LogP contribution in [0.4, 0.5) is 4.79 Å². The molecule has 1 N–H and O–H groups in total. The fourth-order valence-corrected chi connectivity index (χ4v) is 4.43. The molecule has 1 aliphatic heterocycles. The summed E-state index contributed by atoms with van der Waals surface area (Å²) < 4.78 is 5.81. The molecule has 4 heteroatoms. The molecule has 2 aromatic carbocycles. The SMILES string of the molecule is CC1(C)CCC(CO)CN1C(=O)OCC1c2ccccc2-c2ccccc21. The van der Waals surface area contributed by atoms with Crippen molar-refractivity contribution in [3.63, 3.8) is 0 Å². The zero-order valence-corrected chi connectivity index (χ0v) is 16.0. The summed E-state index contributed by atoms with van der Waals surface area (Å²) in [5.41, 5.74) is 4.66. The van der Waals surface area contributed by atoms with E-state index in [1.807, 2.05) is 12.1 Å². The Bertz CT molecular complexity index is 800. The number of aliphatic hydroxyl groups excluding tert-OH is 1. The number of benzene rings is 2. The standard InChI is InChI=1S/C23H27NO3/c1-23(2)12-11-16(14-25)13-24(23)22(26)27-15-21-19-9-5-3-7-17(19)18-8-4-6-10-20(18)21/h3-10,16,21,25H,11-15H2,1-2H3. The molecule has 0 radical (unpaired) electrons. The van der Waals surface area contributed by atoms with Crippen molar-refractivity contribution in [1.82, 2.24) is 4.90 Å². The fraction of sp³-hybridized carbons (Fsp3) is 0.435. The summed E-state index contributed by atoms with van der Waals surface area (Å²) in [6, 6.07) is 16.7. The monoisotopic (exact) mass is 365 g/mol. The maximum atomic E-state index is 12.9. The van der Waals surface area contributed by atoms with E-state index in [1.54, 1.807) is 4.90 Å². The van der Waals surface area contributed by atoms with Gasteiger partial charge in [0, 0.05) is 24.6 Å². The van der Waals surface area contributed by atoms with E-state index in [-0.39, 0.29) is 30.1 Å². The summed E-state index contributed by atoms with van der Waals surface area (Å²) in [4.78, 5) is 14.7. The summed E-state index contributed by atoms with van der Waals surface area (Å²) in [6.45, 7) is 5.15. The Morgan fingerprint density at radius 2 is 1.70 bits per heavy atom. The van der Waals surface area contributed by atoms with Gasteiger partial charge in [-0.15, -0.1) is 0 Å². The van der Waals surface area contributed by atoms with Gasteiger partial charge in [-0.1, -0.05) is 48.5 Å². The van der Waals surface area contributed by atoms with Crippen molar-refractivity contribution in [2.75, 3.05) is 19.8 Å². The van der Waals surface area contributed by atoms with Crippen LogP contribution in [0.25, 0.3) is 11.1 Å². The lowest BCUT2D eigenvalue weighted by molar-refractivity contribution is 0.0143. The highest BCUT2D eigenvalue weighted by molar-refractivity contribution is 5.79. The number of amides is 1. The van der Waals surface area contributed by atoms with Gasteiger partial charge in [0.15, 0.2) is 0 Å². The van der Waals surface area contributed by atoms with Crippen LogP contribution in [0.3, 0.4) is 0 Å². The average molecular weight is 365 g/mol. The van der Waals surface area contributed by atoms with Gasteiger partial charge >= 0.3 is 6.09 Å². The van der Waals surface area contributed by atoms with Crippen LogP contribution in [0.5, 0.6) is 0 Å². The number of nitrogens with zero attached hydrogens (tertiary/aromatic N) is 1. The molecule has 2 aliphatic rings. The molecule has 2 aromatic rings. The second-order valence-electron chi connectivity index (χ2n) is 8.31. The Labute approximate surface area is 160 Å².